The summed E-state index contributed by atoms with van der Waals surface area (Å²) in [6, 6.07) is 11.3. The quantitative estimate of drug-likeness (QED) is 0.543. The highest BCUT2D eigenvalue weighted by Crippen LogP contribution is 2.35. The summed E-state index contributed by atoms with van der Waals surface area (Å²) in [5.41, 5.74) is 2.45. The second-order valence-electron chi connectivity index (χ2n) is 6.94. The fourth-order valence-electron chi connectivity index (χ4n) is 3.51. The highest BCUT2D eigenvalue weighted by atomic mass is 16.5. The van der Waals surface area contributed by atoms with E-state index in [1.807, 2.05) is 57.2 Å². The summed E-state index contributed by atoms with van der Waals surface area (Å²) in [5, 5.41) is 4.12. The summed E-state index contributed by atoms with van der Waals surface area (Å²) in [7, 11) is 0. The average Bonchev–Trinajstić information content (AvgIpc) is 3.24. The lowest BCUT2D eigenvalue weighted by Gasteiger charge is -2.28. The molecule has 0 N–H and O–H groups in total. The van der Waals surface area contributed by atoms with Crippen molar-refractivity contribution in [1.82, 2.24) is 10.1 Å². The molecule has 0 bridgehead atoms. The molecule has 0 unspecified atom stereocenters. The fraction of sp³-hybridized carbons (Fsp3) is 0.348. The topological polar surface area (TPSA) is 86.9 Å². The summed E-state index contributed by atoms with van der Waals surface area (Å²) in [6.45, 7) is 7.54. The predicted octanol–water partition coefficient (Wildman–Crippen LogP) is 3.87. The first-order valence-corrected chi connectivity index (χ1v) is 10.4. The van der Waals surface area contributed by atoms with Crippen molar-refractivity contribution in [2.75, 3.05) is 31.3 Å². The molecule has 1 aromatic heterocycles. The SMILES string of the molecule is CCOc1ccc(Cc2nc(-c3ccc4c(c3)N(CC)C(=O)CO4)no2)cc1OCC. The third kappa shape index (κ3) is 4.33. The molecule has 0 saturated heterocycles. The first kappa shape index (κ1) is 20.7. The molecule has 0 fully saturated rings. The summed E-state index contributed by atoms with van der Waals surface area (Å²) in [6.07, 6.45) is 0.465. The molecule has 2 heterocycles. The van der Waals surface area contributed by atoms with E-state index in [4.69, 9.17) is 18.7 Å². The molecule has 162 valence electrons. The van der Waals surface area contributed by atoms with Crippen LogP contribution in [0, 0.1) is 0 Å². The zero-order valence-corrected chi connectivity index (χ0v) is 17.9. The minimum atomic E-state index is -0.0680. The van der Waals surface area contributed by atoms with E-state index in [0.29, 0.717) is 55.1 Å². The van der Waals surface area contributed by atoms with E-state index in [1.54, 1.807) is 4.90 Å². The average molecular weight is 423 g/mol. The second-order valence-corrected chi connectivity index (χ2v) is 6.94. The van der Waals surface area contributed by atoms with E-state index in [1.165, 1.54) is 0 Å². The monoisotopic (exact) mass is 423 g/mol. The van der Waals surface area contributed by atoms with E-state index in [2.05, 4.69) is 10.1 Å². The standard InChI is InChI=1S/C23H25N3O5/c1-4-26-17-13-16(8-10-18(17)30-14-22(26)27)23-24-21(31-25-23)12-15-7-9-19(28-5-2)20(11-15)29-6-3/h7-11,13H,4-6,12,14H2,1-3H3. The third-order valence-electron chi connectivity index (χ3n) is 4.91. The van der Waals surface area contributed by atoms with Gasteiger partial charge >= 0.3 is 0 Å². The minimum Gasteiger partial charge on any atom is -0.490 e. The Morgan fingerprint density at radius 2 is 1.84 bits per heavy atom. The van der Waals surface area contributed by atoms with E-state index in [9.17, 15) is 4.79 Å². The van der Waals surface area contributed by atoms with Crippen LogP contribution in [0.2, 0.25) is 0 Å². The normalized spacial score (nSPS) is 13.0. The van der Waals surface area contributed by atoms with Crippen molar-refractivity contribution >= 4 is 11.6 Å². The molecule has 8 nitrogen and oxygen atoms in total. The van der Waals surface area contributed by atoms with Crippen LogP contribution in [0.1, 0.15) is 32.2 Å². The van der Waals surface area contributed by atoms with Crippen LogP contribution in [0.15, 0.2) is 40.9 Å². The van der Waals surface area contributed by atoms with Gasteiger partial charge in [0, 0.05) is 12.1 Å². The molecule has 2 aromatic carbocycles. The molecule has 0 aliphatic carbocycles. The maximum absolute atomic E-state index is 12.1. The number of hydrogen-bond acceptors (Lipinski definition) is 7. The van der Waals surface area contributed by atoms with Gasteiger partial charge in [-0.05, 0) is 56.7 Å². The van der Waals surface area contributed by atoms with Crippen LogP contribution in [-0.2, 0) is 11.2 Å². The number of carbonyl (C=O) groups is 1. The van der Waals surface area contributed by atoms with Crippen molar-refractivity contribution in [2.45, 2.75) is 27.2 Å². The van der Waals surface area contributed by atoms with E-state index >= 15 is 0 Å². The number of amides is 1. The van der Waals surface area contributed by atoms with Crippen molar-refractivity contribution < 1.29 is 23.5 Å². The molecule has 1 amide bonds. The number of aromatic nitrogens is 2. The Kier molecular flexibility index (Phi) is 6.06. The Morgan fingerprint density at radius 3 is 2.61 bits per heavy atom. The van der Waals surface area contributed by atoms with Gasteiger partial charge in [-0.3, -0.25) is 4.79 Å². The predicted molar refractivity (Wildman–Crippen MR) is 115 cm³/mol. The Hall–Kier alpha value is -3.55. The van der Waals surface area contributed by atoms with Gasteiger partial charge in [0.15, 0.2) is 18.1 Å². The van der Waals surface area contributed by atoms with E-state index < -0.39 is 0 Å². The molecule has 4 rings (SSSR count). The molecule has 0 atom stereocenters. The van der Waals surface area contributed by atoms with Crippen LogP contribution in [0.4, 0.5) is 5.69 Å². The van der Waals surface area contributed by atoms with Crippen LogP contribution in [0.5, 0.6) is 17.2 Å². The maximum Gasteiger partial charge on any atom is 0.265 e. The molecule has 0 saturated carbocycles. The number of rotatable bonds is 8. The third-order valence-corrected chi connectivity index (χ3v) is 4.91. The Morgan fingerprint density at radius 1 is 1.03 bits per heavy atom. The van der Waals surface area contributed by atoms with Gasteiger partial charge in [-0.2, -0.15) is 4.98 Å². The minimum absolute atomic E-state index is 0.0539. The Labute approximate surface area is 180 Å². The highest BCUT2D eigenvalue weighted by Gasteiger charge is 2.25. The molecule has 1 aliphatic rings. The van der Waals surface area contributed by atoms with Crippen LogP contribution in [-0.4, -0.2) is 42.4 Å². The molecule has 31 heavy (non-hydrogen) atoms. The zero-order valence-electron chi connectivity index (χ0n) is 17.9. The summed E-state index contributed by atoms with van der Waals surface area (Å²) in [5.74, 6) is 2.96. The number of nitrogens with zero attached hydrogens (tertiary/aromatic N) is 3. The van der Waals surface area contributed by atoms with Gasteiger partial charge in [0.2, 0.25) is 11.7 Å². The van der Waals surface area contributed by atoms with Gasteiger partial charge in [0.25, 0.3) is 5.91 Å². The Balaban J connectivity index is 1.56. The number of likely N-dealkylation sites (N-methyl/N-ethyl adjacent to an activating group) is 1. The van der Waals surface area contributed by atoms with Crippen molar-refractivity contribution in [3.05, 3.63) is 47.9 Å². The van der Waals surface area contributed by atoms with Crippen LogP contribution in [0.25, 0.3) is 11.4 Å². The largest absolute Gasteiger partial charge is 0.490 e. The lowest BCUT2D eigenvalue weighted by atomic mass is 10.1. The van der Waals surface area contributed by atoms with Gasteiger partial charge in [0.1, 0.15) is 5.75 Å². The second kappa shape index (κ2) is 9.07. The maximum atomic E-state index is 12.1. The summed E-state index contributed by atoms with van der Waals surface area (Å²) >= 11 is 0. The van der Waals surface area contributed by atoms with Gasteiger partial charge in [-0.1, -0.05) is 11.2 Å². The first-order chi connectivity index (χ1) is 15.1. The van der Waals surface area contributed by atoms with Gasteiger partial charge in [-0.25, -0.2) is 0 Å². The van der Waals surface area contributed by atoms with E-state index in [-0.39, 0.29) is 12.5 Å². The smallest absolute Gasteiger partial charge is 0.265 e. The lowest BCUT2D eigenvalue weighted by molar-refractivity contribution is -0.121. The van der Waals surface area contributed by atoms with Crippen molar-refractivity contribution in [1.29, 1.82) is 0 Å². The van der Waals surface area contributed by atoms with Gasteiger partial charge in [-0.15, -0.1) is 0 Å². The van der Waals surface area contributed by atoms with Crippen LogP contribution in [0.3, 0.4) is 0 Å². The number of benzene rings is 2. The van der Waals surface area contributed by atoms with Crippen molar-refractivity contribution in [3.8, 4) is 28.6 Å². The molecule has 3 aromatic rings. The van der Waals surface area contributed by atoms with Gasteiger partial charge < -0.3 is 23.6 Å². The molecule has 8 heteroatoms. The highest BCUT2D eigenvalue weighted by molar-refractivity contribution is 5.98. The summed E-state index contributed by atoms with van der Waals surface area (Å²) in [4.78, 5) is 18.3. The molecule has 0 spiro atoms. The van der Waals surface area contributed by atoms with Crippen molar-refractivity contribution in [3.63, 3.8) is 0 Å². The van der Waals surface area contributed by atoms with Crippen LogP contribution < -0.4 is 19.1 Å². The zero-order chi connectivity index (χ0) is 21.8. The number of ether oxygens (including phenoxy) is 3. The van der Waals surface area contributed by atoms with E-state index in [0.717, 1.165) is 16.8 Å². The van der Waals surface area contributed by atoms with Crippen molar-refractivity contribution in [2.24, 2.45) is 0 Å². The number of hydrogen-bond donors (Lipinski definition) is 0. The number of fused-ring (bicyclic) bond motifs is 1. The van der Waals surface area contributed by atoms with Gasteiger partial charge in [0.05, 0.1) is 25.3 Å². The fourth-order valence-corrected chi connectivity index (χ4v) is 3.51. The lowest BCUT2D eigenvalue weighted by Crippen LogP contribution is -2.38. The molecular formula is C23H25N3O5. The number of anilines is 1. The molecule has 1 aliphatic heterocycles. The Bertz CT molecular complexity index is 1080. The van der Waals surface area contributed by atoms with Crippen LogP contribution >= 0.6 is 0 Å². The first-order valence-electron chi connectivity index (χ1n) is 10.4. The summed E-state index contributed by atoms with van der Waals surface area (Å²) < 4.78 is 22.3. The number of carbonyl (C=O) groups excluding carboxylic acids is 1. The molecule has 0 radical (unpaired) electrons. The molecular weight excluding hydrogens is 398 g/mol.